The van der Waals surface area contributed by atoms with E-state index in [-0.39, 0.29) is 0 Å². The summed E-state index contributed by atoms with van der Waals surface area (Å²) < 4.78 is 6.37. The number of rotatable bonds is 6. The number of fused-ring (bicyclic) bond motifs is 3. The van der Waals surface area contributed by atoms with Crippen LogP contribution in [0.3, 0.4) is 0 Å². The van der Waals surface area contributed by atoms with Crippen LogP contribution in [0.1, 0.15) is 0 Å². The van der Waals surface area contributed by atoms with Gasteiger partial charge in [-0.05, 0) is 103 Å². The SMILES string of the molecule is c1ccc(N(c2ccc(-c3ccc4ccc5c(-c6ccc(-c7cccc8c7oc7ccccc78)cc6)ccc6ccc3c4c65)cc2)c2cccnc2)cc1. The minimum absolute atomic E-state index is 0.918. The lowest BCUT2D eigenvalue weighted by Gasteiger charge is -2.25. The monoisotopic (exact) mass is 688 g/mol. The highest BCUT2D eigenvalue weighted by Crippen LogP contribution is 2.44. The lowest BCUT2D eigenvalue weighted by atomic mass is 9.87. The molecule has 0 aliphatic carbocycles. The Morgan fingerprint density at radius 1 is 0.370 bits per heavy atom. The van der Waals surface area contributed by atoms with Crippen molar-refractivity contribution in [2.45, 2.75) is 0 Å². The van der Waals surface area contributed by atoms with Gasteiger partial charge in [0.1, 0.15) is 11.2 Å². The number of pyridine rings is 1. The summed E-state index contributed by atoms with van der Waals surface area (Å²) in [5, 5.41) is 9.94. The Kier molecular flexibility index (Phi) is 6.86. The van der Waals surface area contributed by atoms with Crippen LogP contribution in [0.25, 0.3) is 87.6 Å². The van der Waals surface area contributed by atoms with Gasteiger partial charge in [-0.2, -0.15) is 0 Å². The second-order valence-electron chi connectivity index (χ2n) is 13.9. The standard InChI is InChI=1S/C51H32N2O/c1-2-8-38(9-3-1)53(40-10-7-31-52-32-40)39-25-19-34(20-26-39)42-28-22-37-23-29-45-41(27-21-36-24-30-46(42)50(37)49(36)45)33-15-17-35(18-16-33)43-12-6-13-47-44-11-4-5-14-48(44)54-51(43)47/h1-32H. The minimum Gasteiger partial charge on any atom is -0.455 e. The van der Waals surface area contributed by atoms with Gasteiger partial charge in [-0.1, -0.05) is 140 Å². The van der Waals surface area contributed by atoms with E-state index < -0.39 is 0 Å². The lowest BCUT2D eigenvalue weighted by Crippen LogP contribution is -2.09. The highest BCUT2D eigenvalue weighted by molar-refractivity contribution is 6.27. The molecule has 3 nitrogen and oxygen atoms in total. The number of para-hydroxylation sites is 3. The van der Waals surface area contributed by atoms with Crippen molar-refractivity contribution in [2.24, 2.45) is 0 Å². The topological polar surface area (TPSA) is 29.3 Å². The van der Waals surface area contributed by atoms with E-state index in [9.17, 15) is 0 Å². The summed E-state index contributed by atoms with van der Waals surface area (Å²) in [7, 11) is 0. The van der Waals surface area contributed by atoms with Gasteiger partial charge in [-0.3, -0.25) is 4.98 Å². The van der Waals surface area contributed by atoms with Crippen LogP contribution in [-0.4, -0.2) is 4.98 Å². The third-order valence-corrected chi connectivity index (χ3v) is 10.9. The number of hydrogen-bond donors (Lipinski definition) is 0. The molecule has 11 aromatic rings. The van der Waals surface area contributed by atoms with Crippen molar-refractivity contribution in [3.05, 3.63) is 194 Å². The highest BCUT2D eigenvalue weighted by Gasteiger charge is 2.17. The summed E-state index contributed by atoms with van der Waals surface area (Å²) in [6.45, 7) is 0. The molecule has 0 amide bonds. The van der Waals surface area contributed by atoms with Crippen LogP contribution in [0.5, 0.6) is 0 Å². The molecule has 0 bridgehead atoms. The normalized spacial score (nSPS) is 11.7. The summed E-state index contributed by atoms with van der Waals surface area (Å²) >= 11 is 0. The van der Waals surface area contributed by atoms with E-state index in [1.54, 1.807) is 0 Å². The highest BCUT2D eigenvalue weighted by atomic mass is 16.3. The average Bonchev–Trinajstić information content (AvgIpc) is 3.63. The summed E-state index contributed by atoms with van der Waals surface area (Å²) in [5.41, 5.74) is 12.1. The van der Waals surface area contributed by atoms with Crippen LogP contribution in [0.4, 0.5) is 17.1 Å². The molecule has 9 aromatic carbocycles. The van der Waals surface area contributed by atoms with Gasteiger partial charge in [0.05, 0.1) is 11.9 Å². The number of benzene rings is 9. The van der Waals surface area contributed by atoms with Gasteiger partial charge in [0, 0.05) is 33.9 Å². The van der Waals surface area contributed by atoms with E-state index in [1.165, 1.54) is 54.6 Å². The van der Waals surface area contributed by atoms with E-state index in [0.29, 0.717) is 0 Å². The zero-order chi connectivity index (χ0) is 35.6. The predicted molar refractivity (Wildman–Crippen MR) is 226 cm³/mol. The molecule has 11 rings (SSSR count). The molecule has 54 heavy (non-hydrogen) atoms. The Hall–Kier alpha value is -7.23. The maximum Gasteiger partial charge on any atom is 0.143 e. The fourth-order valence-corrected chi connectivity index (χ4v) is 8.41. The molecule has 0 spiro atoms. The maximum absolute atomic E-state index is 6.37. The molecule has 0 N–H and O–H groups in total. The minimum atomic E-state index is 0.918. The average molecular weight is 689 g/mol. The Morgan fingerprint density at radius 3 is 1.59 bits per heavy atom. The van der Waals surface area contributed by atoms with E-state index >= 15 is 0 Å². The van der Waals surface area contributed by atoms with Crippen molar-refractivity contribution in [3.63, 3.8) is 0 Å². The summed E-state index contributed by atoms with van der Waals surface area (Å²) in [6, 6.07) is 65.3. The summed E-state index contributed by atoms with van der Waals surface area (Å²) in [5.74, 6) is 0. The summed E-state index contributed by atoms with van der Waals surface area (Å²) in [6.07, 6.45) is 3.72. The molecule has 2 heterocycles. The molecule has 2 aromatic heterocycles. The van der Waals surface area contributed by atoms with Crippen LogP contribution in [-0.2, 0) is 0 Å². The van der Waals surface area contributed by atoms with Crippen LogP contribution >= 0.6 is 0 Å². The van der Waals surface area contributed by atoms with Crippen molar-refractivity contribution in [1.29, 1.82) is 0 Å². The van der Waals surface area contributed by atoms with Crippen LogP contribution in [0.2, 0.25) is 0 Å². The van der Waals surface area contributed by atoms with Gasteiger partial charge < -0.3 is 9.32 Å². The number of aromatic nitrogens is 1. The van der Waals surface area contributed by atoms with Crippen molar-refractivity contribution < 1.29 is 4.42 Å². The third-order valence-electron chi connectivity index (χ3n) is 10.9. The zero-order valence-electron chi connectivity index (χ0n) is 29.3. The molecule has 0 radical (unpaired) electrons. The largest absolute Gasteiger partial charge is 0.455 e. The van der Waals surface area contributed by atoms with E-state index in [1.807, 2.05) is 36.7 Å². The first-order valence-corrected chi connectivity index (χ1v) is 18.4. The molecule has 3 heteroatoms. The van der Waals surface area contributed by atoms with Crippen molar-refractivity contribution in [2.75, 3.05) is 4.90 Å². The smallest absolute Gasteiger partial charge is 0.143 e. The van der Waals surface area contributed by atoms with E-state index in [0.717, 1.165) is 50.1 Å². The Labute approximate surface area is 312 Å². The maximum atomic E-state index is 6.37. The van der Waals surface area contributed by atoms with Gasteiger partial charge >= 0.3 is 0 Å². The number of anilines is 3. The first-order valence-electron chi connectivity index (χ1n) is 18.4. The predicted octanol–water partition coefficient (Wildman–Crippen LogP) is 14.3. The van der Waals surface area contributed by atoms with Gasteiger partial charge in [-0.15, -0.1) is 0 Å². The van der Waals surface area contributed by atoms with Crippen LogP contribution in [0.15, 0.2) is 199 Å². The van der Waals surface area contributed by atoms with Gasteiger partial charge in [0.15, 0.2) is 0 Å². The van der Waals surface area contributed by atoms with E-state index in [4.69, 9.17) is 4.42 Å². The molecule has 0 fully saturated rings. The molecule has 252 valence electrons. The zero-order valence-corrected chi connectivity index (χ0v) is 29.3. The number of hydrogen-bond acceptors (Lipinski definition) is 3. The third kappa shape index (κ3) is 4.79. The molecule has 0 saturated heterocycles. The number of nitrogens with zero attached hydrogens (tertiary/aromatic N) is 2. The quantitative estimate of drug-likeness (QED) is 0.163. The van der Waals surface area contributed by atoms with Gasteiger partial charge in [0.25, 0.3) is 0 Å². The molecule has 0 unspecified atom stereocenters. The molecule has 0 aliphatic heterocycles. The fraction of sp³-hybridized carbons (Fsp3) is 0. The molecule has 0 saturated carbocycles. The second kappa shape index (κ2) is 12.2. The van der Waals surface area contributed by atoms with Gasteiger partial charge in [-0.25, -0.2) is 0 Å². The lowest BCUT2D eigenvalue weighted by molar-refractivity contribution is 0.670. The second-order valence-corrected chi connectivity index (χ2v) is 13.9. The molecule has 0 atom stereocenters. The fourth-order valence-electron chi connectivity index (χ4n) is 8.41. The van der Waals surface area contributed by atoms with Crippen molar-refractivity contribution >= 4 is 71.3 Å². The Morgan fingerprint density at radius 2 is 0.926 bits per heavy atom. The molecular formula is C51H32N2O. The number of furan rings is 1. The molecular weight excluding hydrogens is 657 g/mol. The Balaban J connectivity index is 0.993. The van der Waals surface area contributed by atoms with Crippen LogP contribution < -0.4 is 4.90 Å². The molecule has 0 aliphatic rings. The van der Waals surface area contributed by atoms with Crippen molar-refractivity contribution in [1.82, 2.24) is 4.98 Å². The van der Waals surface area contributed by atoms with Gasteiger partial charge in [0.2, 0.25) is 0 Å². The van der Waals surface area contributed by atoms with E-state index in [2.05, 4.69) is 168 Å². The first-order chi connectivity index (χ1) is 26.8. The Bertz CT molecular complexity index is 3090. The summed E-state index contributed by atoms with van der Waals surface area (Å²) in [4.78, 5) is 6.65. The van der Waals surface area contributed by atoms with Crippen LogP contribution in [0, 0.1) is 0 Å². The first kappa shape index (κ1) is 30.4. The van der Waals surface area contributed by atoms with Crippen molar-refractivity contribution in [3.8, 4) is 33.4 Å².